The SMILES string of the molecule is C1=C2c3cc4ccccc4cc3C3=[N+]2C24n5c1c1cc6ccccc6cc1c5C=C1c5cc6ccccc6cc5C(=[N+]12)C=c1c2cc5ccccc5cc2c(n14)=C3. The quantitative estimate of drug-likeness (QED) is 0.139. The van der Waals surface area contributed by atoms with Gasteiger partial charge in [-0.2, -0.15) is 9.13 Å². The molecule has 8 aromatic carbocycles. The molecule has 8 heterocycles. The summed E-state index contributed by atoms with van der Waals surface area (Å²) in [5.74, 6) is -0.815. The third kappa shape index (κ3) is 2.94. The molecule has 0 unspecified atom stereocenters. The molecule has 258 valence electrons. The van der Waals surface area contributed by atoms with Gasteiger partial charge in [-0.15, -0.1) is 0 Å². The highest BCUT2D eigenvalue weighted by molar-refractivity contribution is 6.28. The van der Waals surface area contributed by atoms with Crippen molar-refractivity contribution < 1.29 is 9.15 Å². The van der Waals surface area contributed by atoms with E-state index in [0.29, 0.717) is 0 Å². The van der Waals surface area contributed by atoms with Gasteiger partial charge in [0.25, 0.3) is 0 Å². The topological polar surface area (TPSA) is 15.9 Å². The fourth-order valence-corrected chi connectivity index (χ4v) is 11.7. The van der Waals surface area contributed by atoms with E-state index in [9.17, 15) is 0 Å². The summed E-state index contributed by atoms with van der Waals surface area (Å²) in [5.41, 5.74) is 12.6. The predicted molar refractivity (Wildman–Crippen MR) is 233 cm³/mol. The molecule has 0 saturated heterocycles. The minimum atomic E-state index is -0.815. The Balaban J connectivity index is 1.20. The Morgan fingerprint density at radius 3 is 1.05 bits per heavy atom. The molecular weight excluding hydrogens is 693 g/mol. The van der Waals surface area contributed by atoms with E-state index in [-0.39, 0.29) is 0 Å². The summed E-state index contributed by atoms with van der Waals surface area (Å²) in [4.78, 5) is 0. The molecule has 10 aromatic rings. The van der Waals surface area contributed by atoms with Gasteiger partial charge in [-0.25, -0.2) is 0 Å². The summed E-state index contributed by atoms with van der Waals surface area (Å²) >= 11 is 0. The van der Waals surface area contributed by atoms with Crippen molar-refractivity contribution >= 4 is 112 Å². The van der Waals surface area contributed by atoms with Gasteiger partial charge in [0.15, 0.2) is 0 Å². The molecule has 4 nitrogen and oxygen atoms in total. The van der Waals surface area contributed by atoms with Gasteiger partial charge in [-0.05, 0) is 91.6 Å². The first-order valence-corrected chi connectivity index (χ1v) is 19.9. The maximum absolute atomic E-state index is 2.70. The van der Waals surface area contributed by atoms with Crippen LogP contribution in [-0.4, -0.2) is 29.7 Å². The number of benzene rings is 8. The van der Waals surface area contributed by atoms with Gasteiger partial charge in [0, 0.05) is 45.8 Å². The van der Waals surface area contributed by atoms with E-state index >= 15 is 0 Å². The van der Waals surface area contributed by atoms with Gasteiger partial charge in [0.2, 0.25) is 22.8 Å². The molecule has 0 saturated carbocycles. The van der Waals surface area contributed by atoms with Crippen LogP contribution < -0.4 is 10.7 Å². The second-order valence-electron chi connectivity index (χ2n) is 16.6. The van der Waals surface area contributed by atoms with Crippen molar-refractivity contribution in [3.63, 3.8) is 0 Å². The molecule has 0 bridgehead atoms. The molecular formula is C53H28N4+2. The van der Waals surface area contributed by atoms with Crippen LogP contribution in [0.4, 0.5) is 0 Å². The van der Waals surface area contributed by atoms with Crippen LogP contribution in [-0.2, 0) is 5.91 Å². The Labute approximate surface area is 324 Å². The second kappa shape index (κ2) is 8.94. The molecule has 2 aromatic heterocycles. The summed E-state index contributed by atoms with van der Waals surface area (Å²) in [7, 11) is 0. The van der Waals surface area contributed by atoms with Crippen LogP contribution in [0.2, 0.25) is 0 Å². The number of fused-ring (bicyclic) bond motifs is 16. The standard InChI is InChI=1S/C53H28N4/c1-2-10-30-18-38-37(17-29(30)9-1)45-25-47-39-19-31-11-3-4-12-32(31)20-40(39)49-27-51-43-23-35-15-7-8-16-36(35)24-44(43)52-28-50-42-22-34-14-6-5-13-33(34)21-41(42)48-26-46(38)54(45)53(55(47)49,56(48)50)57(51)52/h1-28H/q+2. The summed E-state index contributed by atoms with van der Waals surface area (Å²) in [6.07, 6.45) is 9.99. The number of hydrogen-bond acceptors (Lipinski definition) is 0. The zero-order chi connectivity index (χ0) is 36.5. The van der Waals surface area contributed by atoms with E-state index in [1.807, 2.05) is 0 Å². The Bertz CT molecular complexity index is 3770. The lowest BCUT2D eigenvalue weighted by Crippen LogP contribution is -2.69. The minimum Gasteiger partial charge on any atom is -0.198 e. The largest absolute Gasteiger partial charge is 0.553 e. The van der Waals surface area contributed by atoms with E-state index in [1.165, 1.54) is 132 Å². The maximum Gasteiger partial charge on any atom is 0.553 e. The summed E-state index contributed by atoms with van der Waals surface area (Å²) in [5, 5.41) is 17.7. The van der Waals surface area contributed by atoms with Crippen molar-refractivity contribution in [1.82, 2.24) is 9.13 Å². The van der Waals surface area contributed by atoms with E-state index < -0.39 is 5.91 Å². The average molecular weight is 721 g/mol. The molecule has 0 fully saturated rings. The highest BCUT2D eigenvalue weighted by Crippen LogP contribution is 2.54. The Morgan fingerprint density at radius 2 is 0.667 bits per heavy atom. The second-order valence-corrected chi connectivity index (χ2v) is 16.6. The van der Waals surface area contributed by atoms with Gasteiger partial charge >= 0.3 is 5.91 Å². The van der Waals surface area contributed by atoms with Crippen LogP contribution in [0.25, 0.3) is 100 Å². The first-order valence-electron chi connectivity index (χ1n) is 19.9. The summed E-state index contributed by atoms with van der Waals surface area (Å²) < 4.78 is 10.8. The van der Waals surface area contributed by atoms with Crippen molar-refractivity contribution in [2.45, 2.75) is 5.91 Å². The molecule has 0 aliphatic carbocycles. The number of rotatable bonds is 0. The maximum atomic E-state index is 2.70. The van der Waals surface area contributed by atoms with Gasteiger partial charge < -0.3 is 0 Å². The van der Waals surface area contributed by atoms with Gasteiger partial charge in [-0.1, -0.05) is 106 Å². The van der Waals surface area contributed by atoms with E-state index in [4.69, 9.17) is 0 Å². The van der Waals surface area contributed by atoms with Crippen molar-refractivity contribution in [1.29, 1.82) is 0 Å². The number of nitrogens with zero attached hydrogens (tertiary/aromatic N) is 4. The van der Waals surface area contributed by atoms with Crippen molar-refractivity contribution in [2.24, 2.45) is 0 Å². The number of hydrogen-bond donors (Lipinski definition) is 0. The summed E-state index contributed by atoms with van der Waals surface area (Å²) in [6, 6.07) is 54.9. The molecule has 6 aliphatic rings. The Hall–Kier alpha value is -7.56. The zero-order valence-corrected chi connectivity index (χ0v) is 30.5. The molecule has 0 atom stereocenters. The third-order valence-corrected chi connectivity index (χ3v) is 14.0. The predicted octanol–water partition coefficient (Wildman–Crippen LogP) is 9.57. The van der Waals surface area contributed by atoms with Crippen LogP contribution in [0.1, 0.15) is 33.6 Å². The zero-order valence-electron chi connectivity index (χ0n) is 30.5. The fourth-order valence-electron chi connectivity index (χ4n) is 11.7. The van der Waals surface area contributed by atoms with Gasteiger partial charge in [-0.3, -0.25) is 0 Å². The van der Waals surface area contributed by atoms with Crippen LogP contribution in [0, 0.1) is 0 Å². The first kappa shape index (κ1) is 27.9. The number of aromatic nitrogens is 2. The molecule has 16 rings (SSSR count). The normalized spacial score (nSPS) is 16.9. The lowest BCUT2D eigenvalue weighted by Gasteiger charge is -2.37. The van der Waals surface area contributed by atoms with Gasteiger partial charge in [0.1, 0.15) is 0 Å². The monoisotopic (exact) mass is 720 g/mol. The molecule has 0 amide bonds. The van der Waals surface area contributed by atoms with Crippen molar-refractivity contribution in [3.8, 4) is 0 Å². The molecule has 1 spiro atoms. The first-order chi connectivity index (χ1) is 28.2. The minimum absolute atomic E-state index is 0.815. The van der Waals surface area contributed by atoms with E-state index in [1.54, 1.807) is 0 Å². The highest BCUT2D eigenvalue weighted by Gasteiger charge is 2.72. The van der Waals surface area contributed by atoms with Gasteiger partial charge in [0.05, 0.1) is 44.3 Å². The van der Waals surface area contributed by atoms with Crippen molar-refractivity contribution in [2.75, 3.05) is 0 Å². The fraction of sp³-hybridized carbons (Fsp3) is 0.0189. The Kier molecular flexibility index (Phi) is 4.38. The van der Waals surface area contributed by atoms with Crippen LogP contribution >= 0.6 is 0 Å². The molecule has 6 aliphatic heterocycles. The van der Waals surface area contributed by atoms with Crippen LogP contribution in [0.3, 0.4) is 0 Å². The lowest BCUT2D eigenvalue weighted by atomic mass is 9.97. The smallest absolute Gasteiger partial charge is 0.198 e. The lowest BCUT2D eigenvalue weighted by molar-refractivity contribution is -0.805. The third-order valence-electron chi connectivity index (χ3n) is 14.0. The highest BCUT2D eigenvalue weighted by atomic mass is 15.6. The molecule has 4 heteroatoms. The van der Waals surface area contributed by atoms with Crippen molar-refractivity contribution in [3.05, 3.63) is 190 Å². The average Bonchev–Trinajstić information content (AvgIpc) is 3.95. The molecule has 57 heavy (non-hydrogen) atoms. The molecule has 0 N–H and O–H groups in total. The van der Waals surface area contributed by atoms with Crippen LogP contribution in [0.15, 0.2) is 146 Å². The van der Waals surface area contributed by atoms with E-state index in [0.717, 1.165) is 0 Å². The molecule has 0 radical (unpaired) electrons. The van der Waals surface area contributed by atoms with Crippen LogP contribution in [0.5, 0.6) is 0 Å². The van der Waals surface area contributed by atoms with E-state index in [2.05, 4.69) is 188 Å². The summed E-state index contributed by atoms with van der Waals surface area (Å²) in [6.45, 7) is 0. The Morgan fingerprint density at radius 1 is 0.333 bits per heavy atom.